The summed E-state index contributed by atoms with van der Waals surface area (Å²) >= 11 is 7.15. The summed E-state index contributed by atoms with van der Waals surface area (Å²) < 4.78 is 0. The molecule has 16 heavy (non-hydrogen) atoms. The number of nitrogens with zero attached hydrogens (tertiary/aromatic N) is 2. The monoisotopic (exact) mass is 255 g/mol. The van der Waals surface area contributed by atoms with Gasteiger partial charge in [0, 0.05) is 5.69 Å². The summed E-state index contributed by atoms with van der Waals surface area (Å²) in [6.07, 6.45) is 0. The van der Waals surface area contributed by atoms with Crippen LogP contribution in [0, 0.1) is 0 Å². The lowest BCUT2D eigenvalue weighted by molar-refractivity contribution is 0.0697. The molecule has 1 aromatic carbocycles. The fourth-order valence-electron chi connectivity index (χ4n) is 1.12. The van der Waals surface area contributed by atoms with Gasteiger partial charge in [-0.1, -0.05) is 22.9 Å². The lowest BCUT2D eigenvalue weighted by atomic mass is 10.2. The first-order valence-electron chi connectivity index (χ1n) is 4.23. The molecule has 2 aromatic rings. The number of carboxylic acids is 1. The average molecular weight is 256 g/mol. The summed E-state index contributed by atoms with van der Waals surface area (Å²) in [6, 6.07) is 4.59. The van der Waals surface area contributed by atoms with Crippen LogP contribution in [-0.4, -0.2) is 21.3 Å². The van der Waals surface area contributed by atoms with Gasteiger partial charge in [0.15, 0.2) is 0 Å². The number of hydrogen-bond donors (Lipinski definition) is 2. The van der Waals surface area contributed by atoms with Crippen molar-refractivity contribution >= 4 is 39.7 Å². The molecule has 0 aliphatic heterocycles. The van der Waals surface area contributed by atoms with Crippen molar-refractivity contribution < 1.29 is 9.90 Å². The second-order valence-electron chi connectivity index (χ2n) is 2.87. The van der Waals surface area contributed by atoms with Crippen molar-refractivity contribution in [2.24, 2.45) is 0 Å². The average Bonchev–Trinajstić information content (AvgIpc) is 2.70. The molecule has 2 N–H and O–H groups in total. The van der Waals surface area contributed by atoms with Crippen LogP contribution in [0.2, 0.25) is 5.02 Å². The molecule has 0 saturated heterocycles. The van der Waals surface area contributed by atoms with E-state index in [1.807, 2.05) is 0 Å². The smallest absolute Gasteiger partial charge is 0.337 e. The van der Waals surface area contributed by atoms with Gasteiger partial charge in [-0.05, 0) is 18.2 Å². The summed E-state index contributed by atoms with van der Waals surface area (Å²) in [4.78, 5) is 10.7. The largest absolute Gasteiger partial charge is 0.478 e. The number of halogens is 1. The maximum atomic E-state index is 10.7. The number of anilines is 2. The SMILES string of the molecule is O=C(O)c1ccc(Nc2nncs2)cc1Cl. The summed E-state index contributed by atoms with van der Waals surface area (Å²) in [5, 5.41) is 20.0. The number of aromatic carboxylic acids is 1. The maximum Gasteiger partial charge on any atom is 0.337 e. The zero-order valence-electron chi connectivity index (χ0n) is 7.85. The minimum Gasteiger partial charge on any atom is -0.478 e. The van der Waals surface area contributed by atoms with Gasteiger partial charge < -0.3 is 10.4 Å². The summed E-state index contributed by atoms with van der Waals surface area (Å²) in [5.74, 6) is -1.05. The zero-order valence-corrected chi connectivity index (χ0v) is 9.42. The first-order chi connectivity index (χ1) is 7.66. The minimum absolute atomic E-state index is 0.0736. The standard InChI is InChI=1S/C9H6ClN3O2S/c10-7-3-5(1-2-6(7)8(14)15)12-9-13-11-4-16-9/h1-4H,(H,12,13)(H,14,15). The van der Waals surface area contributed by atoms with Crippen LogP contribution in [0.25, 0.3) is 0 Å². The van der Waals surface area contributed by atoms with E-state index >= 15 is 0 Å². The van der Waals surface area contributed by atoms with E-state index in [4.69, 9.17) is 16.7 Å². The Kier molecular flexibility index (Phi) is 3.02. The predicted molar refractivity (Wildman–Crippen MR) is 61.6 cm³/mol. The van der Waals surface area contributed by atoms with E-state index in [1.54, 1.807) is 11.6 Å². The first-order valence-corrected chi connectivity index (χ1v) is 5.48. The molecule has 2 rings (SSSR count). The molecule has 0 atom stereocenters. The molecule has 1 aromatic heterocycles. The van der Waals surface area contributed by atoms with Gasteiger partial charge in [-0.25, -0.2) is 4.79 Å². The molecule has 0 aliphatic rings. The molecule has 0 bridgehead atoms. The Balaban J connectivity index is 2.24. The number of carboxylic acid groups (broad SMARTS) is 1. The van der Waals surface area contributed by atoms with E-state index in [0.717, 1.165) is 0 Å². The Labute approximate surface area is 99.7 Å². The number of carbonyl (C=O) groups is 1. The van der Waals surface area contributed by atoms with Gasteiger partial charge in [0.2, 0.25) is 5.13 Å². The highest BCUT2D eigenvalue weighted by atomic mass is 35.5. The lowest BCUT2D eigenvalue weighted by Crippen LogP contribution is -1.98. The summed E-state index contributed by atoms with van der Waals surface area (Å²) in [7, 11) is 0. The molecule has 0 fully saturated rings. The third-order valence-electron chi connectivity index (χ3n) is 1.81. The summed E-state index contributed by atoms with van der Waals surface area (Å²) in [5.41, 5.74) is 2.34. The highest BCUT2D eigenvalue weighted by molar-refractivity contribution is 7.13. The van der Waals surface area contributed by atoms with Crippen LogP contribution >= 0.6 is 22.9 Å². The fourth-order valence-corrected chi connectivity index (χ4v) is 1.84. The van der Waals surface area contributed by atoms with E-state index in [0.29, 0.717) is 10.8 Å². The van der Waals surface area contributed by atoms with Gasteiger partial charge in [-0.15, -0.1) is 10.2 Å². The molecular weight excluding hydrogens is 250 g/mol. The third-order valence-corrected chi connectivity index (χ3v) is 2.73. The van der Waals surface area contributed by atoms with Gasteiger partial charge in [0.05, 0.1) is 10.6 Å². The lowest BCUT2D eigenvalue weighted by Gasteiger charge is -2.04. The highest BCUT2D eigenvalue weighted by Crippen LogP contribution is 2.24. The Morgan fingerprint density at radius 2 is 2.31 bits per heavy atom. The second kappa shape index (κ2) is 4.46. The molecule has 0 spiro atoms. The van der Waals surface area contributed by atoms with E-state index < -0.39 is 5.97 Å². The van der Waals surface area contributed by atoms with Crippen LogP contribution < -0.4 is 5.32 Å². The van der Waals surface area contributed by atoms with Crippen molar-refractivity contribution in [2.45, 2.75) is 0 Å². The van der Waals surface area contributed by atoms with Crippen LogP contribution in [0.5, 0.6) is 0 Å². The van der Waals surface area contributed by atoms with Gasteiger partial charge >= 0.3 is 5.97 Å². The van der Waals surface area contributed by atoms with Crippen LogP contribution in [0.1, 0.15) is 10.4 Å². The van der Waals surface area contributed by atoms with Crippen molar-refractivity contribution in [2.75, 3.05) is 5.32 Å². The number of aromatic nitrogens is 2. The Morgan fingerprint density at radius 3 is 2.88 bits per heavy atom. The molecule has 7 heteroatoms. The predicted octanol–water partition coefficient (Wildman–Crippen LogP) is 2.63. The summed E-state index contributed by atoms with van der Waals surface area (Å²) in [6.45, 7) is 0. The Bertz CT molecular complexity index is 515. The molecule has 0 amide bonds. The van der Waals surface area contributed by atoms with Gasteiger partial charge in [0.25, 0.3) is 0 Å². The van der Waals surface area contributed by atoms with Gasteiger partial charge in [0.1, 0.15) is 5.51 Å². The van der Waals surface area contributed by atoms with E-state index in [1.165, 1.54) is 23.5 Å². The molecule has 0 saturated carbocycles. The van der Waals surface area contributed by atoms with Gasteiger partial charge in [-0.2, -0.15) is 0 Å². The van der Waals surface area contributed by atoms with E-state index in [-0.39, 0.29) is 10.6 Å². The van der Waals surface area contributed by atoms with Crippen LogP contribution in [0.3, 0.4) is 0 Å². The minimum atomic E-state index is -1.05. The number of rotatable bonds is 3. The maximum absolute atomic E-state index is 10.7. The van der Waals surface area contributed by atoms with Crippen LogP contribution in [0.4, 0.5) is 10.8 Å². The number of nitrogens with one attached hydrogen (secondary N) is 1. The highest BCUT2D eigenvalue weighted by Gasteiger charge is 2.09. The molecule has 0 radical (unpaired) electrons. The number of hydrogen-bond acceptors (Lipinski definition) is 5. The third kappa shape index (κ3) is 2.29. The quantitative estimate of drug-likeness (QED) is 0.882. The van der Waals surface area contributed by atoms with Crippen molar-refractivity contribution in [3.63, 3.8) is 0 Å². The van der Waals surface area contributed by atoms with Crippen molar-refractivity contribution in [3.05, 3.63) is 34.3 Å². The van der Waals surface area contributed by atoms with Gasteiger partial charge in [-0.3, -0.25) is 0 Å². The van der Waals surface area contributed by atoms with Crippen LogP contribution in [0.15, 0.2) is 23.7 Å². The van der Waals surface area contributed by atoms with E-state index in [9.17, 15) is 4.79 Å². The van der Waals surface area contributed by atoms with Crippen LogP contribution in [-0.2, 0) is 0 Å². The first kappa shape index (κ1) is 10.8. The fraction of sp³-hybridized carbons (Fsp3) is 0. The molecule has 0 unspecified atom stereocenters. The van der Waals surface area contributed by atoms with Crippen molar-refractivity contribution in [1.29, 1.82) is 0 Å². The normalized spacial score (nSPS) is 10.1. The molecule has 0 aliphatic carbocycles. The Morgan fingerprint density at radius 1 is 1.50 bits per heavy atom. The topological polar surface area (TPSA) is 75.1 Å². The Hall–Kier alpha value is -1.66. The van der Waals surface area contributed by atoms with Crippen molar-refractivity contribution in [3.8, 4) is 0 Å². The van der Waals surface area contributed by atoms with E-state index in [2.05, 4.69) is 15.5 Å². The molecule has 1 heterocycles. The second-order valence-corrected chi connectivity index (χ2v) is 4.11. The molecule has 82 valence electrons. The molecular formula is C9H6ClN3O2S. The number of benzene rings is 1. The van der Waals surface area contributed by atoms with Crippen molar-refractivity contribution in [1.82, 2.24) is 10.2 Å². The molecule has 5 nitrogen and oxygen atoms in total. The zero-order chi connectivity index (χ0) is 11.5.